The summed E-state index contributed by atoms with van der Waals surface area (Å²) >= 11 is 1.53. The second-order valence-electron chi connectivity index (χ2n) is 3.42. The molecule has 0 saturated heterocycles. The van der Waals surface area contributed by atoms with Crippen molar-refractivity contribution in [1.82, 2.24) is 30.0 Å². The lowest BCUT2D eigenvalue weighted by Crippen LogP contribution is -2.26. The largest absolute Gasteiger partial charge is 0.350 e. The van der Waals surface area contributed by atoms with E-state index in [1.165, 1.54) is 30.4 Å². The summed E-state index contributed by atoms with van der Waals surface area (Å²) in [6.45, 7) is 0.535. The Kier molecular flexibility index (Phi) is 4.24. The van der Waals surface area contributed by atoms with Crippen LogP contribution < -0.4 is 5.32 Å². The molecule has 2 aromatic rings. The van der Waals surface area contributed by atoms with Crippen molar-refractivity contribution in [2.24, 2.45) is 7.05 Å². The van der Waals surface area contributed by atoms with E-state index in [0.29, 0.717) is 12.2 Å². The van der Waals surface area contributed by atoms with Gasteiger partial charge in [0.2, 0.25) is 0 Å². The van der Waals surface area contributed by atoms with E-state index in [0.717, 1.165) is 10.9 Å². The number of nitrogens with one attached hydrogen (secondary N) is 1. The molecule has 2 rings (SSSR count). The standard InChI is InChI=1S/C10H12N6OS/c1-16-7-14-15-10(16)18-5-4-13-9(17)8-6-11-2-3-12-8/h2-3,6-7H,4-5H2,1H3,(H,13,17). The Bertz CT molecular complexity index is 514. The number of nitrogens with zero attached hydrogens (tertiary/aromatic N) is 5. The summed E-state index contributed by atoms with van der Waals surface area (Å²) in [5.41, 5.74) is 0.321. The summed E-state index contributed by atoms with van der Waals surface area (Å²) in [7, 11) is 1.88. The number of hydrogen-bond acceptors (Lipinski definition) is 6. The van der Waals surface area contributed by atoms with Gasteiger partial charge < -0.3 is 9.88 Å². The van der Waals surface area contributed by atoms with E-state index in [4.69, 9.17) is 0 Å². The summed E-state index contributed by atoms with van der Waals surface area (Å²) in [4.78, 5) is 19.4. The van der Waals surface area contributed by atoms with Gasteiger partial charge in [0, 0.05) is 31.7 Å². The first-order valence-electron chi connectivity index (χ1n) is 5.28. The molecule has 0 saturated carbocycles. The van der Waals surface area contributed by atoms with Crippen molar-refractivity contribution in [3.05, 3.63) is 30.6 Å². The van der Waals surface area contributed by atoms with E-state index in [2.05, 4.69) is 25.5 Å². The lowest BCUT2D eigenvalue weighted by atomic mass is 10.4. The first-order valence-corrected chi connectivity index (χ1v) is 6.27. The molecule has 0 bridgehead atoms. The highest BCUT2D eigenvalue weighted by Crippen LogP contribution is 2.11. The number of thioether (sulfide) groups is 1. The number of carbonyl (C=O) groups is 1. The second-order valence-corrected chi connectivity index (χ2v) is 4.48. The van der Waals surface area contributed by atoms with E-state index < -0.39 is 0 Å². The monoisotopic (exact) mass is 264 g/mol. The predicted octanol–water partition coefficient (Wildman–Crippen LogP) is 0.127. The number of carbonyl (C=O) groups excluding carboxylic acids is 1. The maximum Gasteiger partial charge on any atom is 0.271 e. The maximum atomic E-state index is 11.6. The van der Waals surface area contributed by atoms with Crippen LogP contribution in [0.1, 0.15) is 10.5 Å². The van der Waals surface area contributed by atoms with Gasteiger partial charge >= 0.3 is 0 Å². The van der Waals surface area contributed by atoms with Gasteiger partial charge in [0.25, 0.3) is 5.91 Å². The summed E-state index contributed by atoms with van der Waals surface area (Å²) in [6.07, 6.45) is 6.09. The minimum atomic E-state index is -0.221. The Balaban J connectivity index is 1.73. The molecule has 0 aliphatic carbocycles. The molecule has 7 nitrogen and oxygen atoms in total. The third-order valence-corrected chi connectivity index (χ3v) is 3.12. The van der Waals surface area contributed by atoms with Crippen molar-refractivity contribution in [3.8, 4) is 0 Å². The van der Waals surface area contributed by atoms with E-state index in [9.17, 15) is 4.79 Å². The number of amides is 1. The second kappa shape index (κ2) is 6.10. The van der Waals surface area contributed by atoms with Crippen molar-refractivity contribution in [1.29, 1.82) is 0 Å². The van der Waals surface area contributed by atoms with Crippen LogP contribution in [0.3, 0.4) is 0 Å². The van der Waals surface area contributed by atoms with Gasteiger partial charge in [-0.1, -0.05) is 11.8 Å². The minimum Gasteiger partial charge on any atom is -0.350 e. The van der Waals surface area contributed by atoms with Crippen LogP contribution in [0, 0.1) is 0 Å². The SMILES string of the molecule is Cn1cnnc1SCCNC(=O)c1cnccn1. The van der Waals surface area contributed by atoms with E-state index in [-0.39, 0.29) is 5.91 Å². The molecule has 0 atom stereocenters. The van der Waals surface area contributed by atoms with Gasteiger partial charge in [-0.3, -0.25) is 9.78 Å². The Morgan fingerprint density at radius 2 is 2.39 bits per heavy atom. The van der Waals surface area contributed by atoms with Gasteiger partial charge in [-0.05, 0) is 0 Å². The van der Waals surface area contributed by atoms with Crippen molar-refractivity contribution in [2.45, 2.75) is 5.16 Å². The Morgan fingerprint density at radius 3 is 3.06 bits per heavy atom. The summed E-state index contributed by atoms with van der Waals surface area (Å²) in [5.74, 6) is 0.500. The first kappa shape index (κ1) is 12.5. The van der Waals surface area contributed by atoms with Crippen molar-refractivity contribution in [3.63, 3.8) is 0 Å². The quantitative estimate of drug-likeness (QED) is 0.610. The molecule has 8 heteroatoms. The number of rotatable bonds is 5. The van der Waals surface area contributed by atoms with Crippen LogP contribution in [0.4, 0.5) is 0 Å². The average molecular weight is 264 g/mol. The molecule has 0 unspecified atom stereocenters. The van der Waals surface area contributed by atoms with Crippen LogP contribution in [0.5, 0.6) is 0 Å². The van der Waals surface area contributed by atoms with Crippen LogP contribution in [0.2, 0.25) is 0 Å². The number of hydrogen-bond donors (Lipinski definition) is 1. The van der Waals surface area contributed by atoms with Crippen molar-refractivity contribution in [2.75, 3.05) is 12.3 Å². The molecule has 0 radical (unpaired) electrons. The van der Waals surface area contributed by atoms with Gasteiger partial charge in [0.15, 0.2) is 5.16 Å². The summed E-state index contributed by atoms with van der Waals surface area (Å²) in [6, 6.07) is 0. The normalized spacial score (nSPS) is 10.3. The van der Waals surface area contributed by atoms with Crippen LogP contribution in [0.25, 0.3) is 0 Å². The summed E-state index contributed by atoms with van der Waals surface area (Å²) < 4.78 is 1.83. The molecule has 1 N–H and O–H groups in total. The molecular formula is C10H12N6OS. The number of aromatic nitrogens is 5. The molecule has 0 aliphatic heterocycles. The zero-order chi connectivity index (χ0) is 12.8. The van der Waals surface area contributed by atoms with Gasteiger partial charge in [-0.15, -0.1) is 10.2 Å². The lowest BCUT2D eigenvalue weighted by Gasteiger charge is -2.03. The van der Waals surface area contributed by atoms with Gasteiger partial charge in [-0.2, -0.15) is 0 Å². The highest BCUT2D eigenvalue weighted by Gasteiger charge is 2.06. The Morgan fingerprint density at radius 1 is 1.50 bits per heavy atom. The third kappa shape index (κ3) is 3.27. The molecule has 0 aliphatic rings. The number of aryl methyl sites for hydroxylation is 1. The fraction of sp³-hybridized carbons (Fsp3) is 0.300. The molecule has 2 aromatic heterocycles. The fourth-order valence-electron chi connectivity index (χ4n) is 1.22. The average Bonchev–Trinajstić information content (AvgIpc) is 2.81. The molecule has 0 spiro atoms. The molecule has 18 heavy (non-hydrogen) atoms. The molecule has 2 heterocycles. The highest BCUT2D eigenvalue weighted by atomic mass is 32.2. The van der Waals surface area contributed by atoms with Gasteiger partial charge in [0.1, 0.15) is 12.0 Å². The molecule has 0 aromatic carbocycles. The lowest BCUT2D eigenvalue weighted by molar-refractivity contribution is 0.0951. The first-order chi connectivity index (χ1) is 8.77. The smallest absolute Gasteiger partial charge is 0.271 e. The minimum absolute atomic E-state index is 0.221. The van der Waals surface area contributed by atoms with Crippen LogP contribution in [-0.2, 0) is 7.05 Å². The molecule has 0 fully saturated rings. The topological polar surface area (TPSA) is 85.6 Å². The predicted molar refractivity (Wildman–Crippen MR) is 66.1 cm³/mol. The summed E-state index contributed by atoms with van der Waals surface area (Å²) in [5, 5.41) is 11.3. The Labute approximate surface area is 108 Å². The van der Waals surface area contributed by atoms with Gasteiger partial charge in [0.05, 0.1) is 6.20 Å². The zero-order valence-corrected chi connectivity index (χ0v) is 10.6. The highest BCUT2D eigenvalue weighted by molar-refractivity contribution is 7.99. The van der Waals surface area contributed by atoms with Crippen LogP contribution >= 0.6 is 11.8 Å². The van der Waals surface area contributed by atoms with Gasteiger partial charge in [-0.25, -0.2) is 4.98 Å². The van der Waals surface area contributed by atoms with Crippen molar-refractivity contribution < 1.29 is 4.79 Å². The fourth-order valence-corrected chi connectivity index (χ4v) is 1.96. The van der Waals surface area contributed by atoms with E-state index in [1.54, 1.807) is 6.33 Å². The van der Waals surface area contributed by atoms with Crippen LogP contribution in [0.15, 0.2) is 30.1 Å². The zero-order valence-electron chi connectivity index (χ0n) is 9.78. The molecule has 1 amide bonds. The van der Waals surface area contributed by atoms with Crippen LogP contribution in [-0.4, -0.2) is 42.9 Å². The Hall–Kier alpha value is -1.96. The van der Waals surface area contributed by atoms with E-state index in [1.807, 2.05) is 11.6 Å². The third-order valence-electron chi connectivity index (χ3n) is 2.08. The van der Waals surface area contributed by atoms with E-state index >= 15 is 0 Å². The maximum absolute atomic E-state index is 11.6. The molecule has 94 valence electrons. The molecular weight excluding hydrogens is 252 g/mol. The van der Waals surface area contributed by atoms with Crippen molar-refractivity contribution >= 4 is 17.7 Å².